The van der Waals surface area contributed by atoms with E-state index in [0.29, 0.717) is 0 Å². The fraction of sp³-hybridized carbons (Fsp3) is 0.500. The monoisotopic (exact) mass is 294 g/mol. The number of sulfonamides is 1. The second-order valence-electron chi connectivity index (χ2n) is 4.18. The van der Waals surface area contributed by atoms with E-state index in [2.05, 4.69) is 9.71 Å². The fourth-order valence-corrected chi connectivity index (χ4v) is 2.39. The molecule has 8 heteroatoms. The third-order valence-corrected chi connectivity index (χ3v) is 4.08. The Kier molecular flexibility index (Phi) is 4.92. The van der Waals surface area contributed by atoms with Crippen LogP contribution in [0.3, 0.4) is 0 Å². The molecule has 0 aromatic carbocycles. The van der Waals surface area contributed by atoms with E-state index in [9.17, 15) is 18.3 Å². The van der Waals surface area contributed by atoms with Gasteiger partial charge in [-0.05, 0) is 12.0 Å². The lowest BCUT2D eigenvalue weighted by Crippen LogP contribution is -2.35. The van der Waals surface area contributed by atoms with Crippen molar-refractivity contribution in [3.05, 3.63) is 27.6 Å². The van der Waals surface area contributed by atoms with Gasteiger partial charge in [-0.15, -0.1) is 0 Å². The average Bonchev–Trinajstić information content (AvgIpc) is 2.29. The molecular formula is C10H15ClN2O4S. The van der Waals surface area contributed by atoms with Gasteiger partial charge in [0.15, 0.2) is 0 Å². The molecule has 18 heavy (non-hydrogen) atoms. The average molecular weight is 295 g/mol. The first-order valence-corrected chi connectivity index (χ1v) is 7.16. The summed E-state index contributed by atoms with van der Waals surface area (Å²) < 4.78 is 25.9. The molecular weight excluding hydrogens is 280 g/mol. The first-order chi connectivity index (χ1) is 8.24. The zero-order valence-corrected chi connectivity index (χ0v) is 11.5. The van der Waals surface area contributed by atoms with Crippen LogP contribution in [0.25, 0.3) is 0 Å². The van der Waals surface area contributed by atoms with Gasteiger partial charge in [-0.25, -0.2) is 13.1 Å². The van der Waals surface area contributed by atoms with E-state index in [0.717, 1.165) is 12.3 Å². The smallest absolute Gasteiger partial charge is 0.266 e. The minimum absolute atomic E-state index is 0.0631. The number of aliphatic hydroxyl groups excluding tert-OH is 1. The molecule has 1 rings (SSSR count). The van der Waals surface area contributed by atoms with Crippen LogP contribution >= 0.6 is 11.6 Å². The van der Waals surface area contributed by atoms with Crippen molar-refractivity contribution in [2.45, 2.75) is 24.8 Å². The highest BCUT2D eigenvalue weighted by molar-refractivity contribution is 7.89. The van der Waals surface area contributed by atoms with Crippen LogP contribution in [0.15, 0.2) is 22.0 Å². The SMILES string of the molecule is CC(C)C(O)CNS(=O)(=O)c1c[nH]c(=O)c(Cl)c1. The Bertz CT molecular complexity index is 567. The Morgan fingerprint density at radius 2 is 2.11 bits per heavy atom. The molecule has 1 aromatic rings. The van der Waals surface area contributed by atoms with Gasteiger partial charge in [-0.1, -0.05) is 25.4 Å². The lowest BCUT2D eigenvalue weighted by Gasteiger charge is -2.15. The van der Waals surface area contributed by atoms with Gasteiger partial charge >= 0.3 is 0 Å². The van der Waals surface area contributed by atoms with Crippen molar-refractivity contribution in [2.24, 2.45) is 5.92 Å². The third-order valence-electron chi connectivity index (χ3n) is 2.39. The standard InChI is InChI=1S/C10H15ClN2O4S/c1-6(2)9(14)5-13-18(16,17)7-3-8(11)10(15)12-4-7/h3-4,6,9,13-14H,5H2,1-2H3,(H,12,15). The molecule has 0 saturated heterocycles. The van der Waals surface area contributed by atoms with Gasteiger partial charge in [0.05, 0.1) is 11.0 Å². The summed E-state index contributed by atoms with van der Waals surface area (Å²) in [6.07, 6.45) is 0.274. The zero-order chi connectivity index (χ0) is 13.9. The minimum atomic E-state index is -3.79. The predicted octanol–water partition coefficient (Wildman–Crippen LogP) is 0.323. The lowest BCUT2D eigenvalue weighted by atomic mass is 10.1. The van der Waals surface area contributed by atoms with Crippen molar-refractivity contribution < 1.29 is 13.5 Å². The van der Waals surface area contributed by atoms with Gasteiger partial charge in [0.25, 0.3) is 5.56 Å². The normalized spacial score (nSPS) is 13.8. The number of halogens is 1. The zero-order valence-electron chi connectivity index (χ0n) is 9.97. The molecule has 0 spiro atoms. The Balaban J connectivity index is 2.87. The number of rotatable bonds is 5. The highest BCUT2D eigenvalue weighted by Gasteiger charge is 2.18. The quantitative estimate of drug-likeness (QED) is 0.728. The summed E-state index contributed by atoms with van der Waals surface area (Å²) in [5, 5.41) is 9.32. The molecule has 1 aromatic heterocycles. The summed E-state index contributed by atoms with van der Waals surface area (Å²) >= 11 is 5.55. The van der Waals surface area contributed by atoms with Gasteiger partial charge < -0.3 is 10.1 Å². The van der Waals surface area contributed by atoms with Crippen molar-refractivity contribution in [1.82, 2.24) is 9.71 Å². The molecule has 0 aliphatic rings. The molecule has 0 saturated carbocycles. The summed E-state index contributed by atoms with van der Waals surface area (Å²) in [5.41, 5.74) is -0.558. The molecule has 1 atom stereocenters. The first kappa shape index (κ1) is 15.2. The van der Waals surface area contributed by atoms with E-state index >= 15 is 0 Å². The van der Waals surface area contributed by atoms with Crippen molar-refractivity contribution in [1.29, 1.82) is 0 Å². The maximum absolute atomic E-state index is 11.8. The third kappa shape index (κ3) is 3.81. The molecule has 0 aliphatic heterocycles. The van der Waals surface area contributed by atoms with Crippen LogP contribution < -0.4 is 10.3 Å². The van der Waals surface area contributed by atoms with E-state index in [1.165, 1.54) is 0 Å². The summed E-state index contributed by atoms with van der Waals surface area (Å²) in [5.74, 6) is -0.0631. The van der Waals surface area contributed by atoms with Crippen LogP contribution in [0.2, 0.25) is 5.02 Å². The topological polar surface area (TPSA) is 99.3 Å². The Labute approximate surface area is 110 Å². The largest absolute Gasteiger partial charge is 0.391 e. The van der Waals surface area contributed by atoms with Crippen LogP contribution in [0, 0.1) is 5.92 Å². The molecule has 0 aliphatic carbocycles. The number of hydrogen-bond donors (Lipinski definition) is 3. The van der Waals surface area contributed by atoms with Gasteiger partial charge in [0.2, 0.25) is 10.0 Å². The molecule has 0 radical (unpaired) electrons. The Morgan fingerprint density at radius 1 is 1.50 bits per heavy atom. The Hall–Kier alpha value is -0.890. The maximum atomic E-state index is 11.8. The minimum Gasteiger partial charge on any atom is -0.391 e. The van der Waals surface area contributed by atoms with Gasteiger partial charge in [0.1, 0.15) is 5.02 Å². The number of aliphatic hydroxyl groups is 1. The molecule has 3 N–H and O–H groups in total. The predicted molar refractivity (Wildman–Crippen MR) is 68.1 cm³/mol. The van der Waals surface area contributed by atoms with Crippen LogP contribution in [-0.2, 0) is 10.0 Å². The second-order valence-corrected chi connectivity index (χ2v) is 6.35. The number of H-pyrrole nitrogens is 1. The van der Waals surface area contributed by atoms with Crippen molar-refractivity contribution in [2.75, 3.05) is 6.54 Å². The number of pyridine rings is 1. The van der Waals surface area contributed by atoms with Gasteiger partial charge in [-0.3, -0.25) is 4.79 Å². The van der Waals surface area contributed by atoms with Crippen LogP contribution in [-0.4, -0.2) is 31.2 Å². The second kappa shape index (κ2) is 5.83. The lowest BCUT2D eigenvalue weighted by molar-refractivity contribution is 0.129. The van der Waals surface area contributed by atoms with E-state index in [4.69, 9.17) is 11.6 Å². The molecule has 102 valence electrons. The van der Waals surface area contributed by atoms with Crippen molar-refractivity contribution in [3.8, 4) is 0 Å². The van der Waals surface area contributed by atoms with Crippen LogP contribution in [0.4, 0.5) is 0 Å². The van der Waals surface area contributed by atoms with Gasteiger partial charge in [0, 0.05) is 12.7 Å². The van der Waals surface area contributed by atoms with E-state index in [-0.39, 0.29) is 22.4 Å². The highest BCUT2D eigenvalue weighted by Crippen LogP contribution is 2.10. The maximum Gasteiger partial charge on any atom is 0.266 e. The van der Waals surface area contributed by atoms with E-state index in [1.54, 1.807) is 13.8 Å². The van der Waals surface area contributed by atoms with Crippen molar-refractivity contribution >= 4 is 21.6 Å². The number of nitrogens with one attached hydrogen (secondary N) is 2. The van der Waals surface area contributed by atoms with E-state index in [1.807, 2.05) is 0 Å². The molecule has 0 fully saturated rings. The number of hydrogen-bond acceptors (Lipinski definition) is 4. The Morgan fingerprint density at radius 3 is 2.61 bits per heavy atom. The van der Waals surface area contributed by atoms with Gasteiger partial charge in [-0.2, -0.15) is 0 Å². The van der Waals surface area contributed by atoms with Crippen LogP contribution in [0.5, 0.6) is 0 Å². The number of aromatic nitrogens is 1. The van der Waals surface area contributed by atoms with Crippen molar-refractivity contribution in [3.63, 3.8) is 0 Å². The highest BCUT2D eigenvalue weighted by atomic mass is 35.5. The number of aromatic amines is 1. The molecule has 6 nitrogen and oxygen atoms in total. The summed E-state index contributed by atoms with van der Waals surface area (Å²) in [4.78, 5) is 13.1. The van der Waals surface area contributed by atoms with Crippen LogP contribution in [0.1, 0.15) is 13.8 Å². The van der Waals surface area contributed by atoms with E-state index < -0.39 is 21.7 Å². The summed E-state index contributed by atoms with van der Waals surface area (Å²) in [6, 6.07) is 1.06. The first-order valence-electron chi connectivity index (χ1n) is 5.30. The summed E-state index contributed by atoms with van der Waals surface area (Å²) in [7, 11) is -3.79. The molecule has 1 unspecified atom stereocenters. The molecule has 0 amide bonds. The summed E-state index contributed by atoms with van der Waals surface area (Å²) in [6.45, 7) is 3.45. The fourth-order valence-electron chi connectivity index (χ4n) is 1.11. The molecule has 1 heterocycles. The molecule has 0 bridgehead atoms.